The number of fused-ring (bicyclic) bond motifs is 2. The molecule has 4 aromatic rings. The molecule has 288 valence electrons. The number of rotatable bonds is 12. The number of halogens is 2. The van der Waals surface area contributed by atoms with E-state index in [9.17, 15) is 28.0 Å². The zero-order valence-electron chi connectivity index (χ0n) is 30.8. The van der Waals surface area contributed by atoms with E-state index < -0.39 is 42.3 Å². The van der Waals surface area contributed by atoms with Gasteiger partial charge in [-0.05, 0) is 44.0 Å². The van der Waals surface area contributed by atoms with Crippen molar-refractivity contribution in [1.29, 1.82) is 0 Å². The van der Waals surface area contributed by atoms with Gasteiger partial charge in [-0.25, -0.2) is 24.4 Å². The fourth-order valence-electron chi connectivity index (χ4n) is 6.73. The molecule has 3 atom stereocenters. The van der Waals surface area contributed by atoms with Gasteiger partial charge in [-0.3, -0.25) is 14.2 Å². The van der Waals surface area contributed by atoms with Crippen LogP contribution < -0.4 is 21.1 Å². The van der Waals surface area contributed by atoms with Crippen molar-refractivity contribution < 1.29 is 37.4 Å². The Kier molecular flexibility index (Phi) is 10.9. The van der Waals surface area contributed by atoms with Gasteiger partial charge in [0.15, 0.2) is 0 Å². The number of hydrogen-bond acceptors (Lipinski definition) is 10. The van der Waals surface area contributed by atoms with Crippen LogP contribution in [0.25, 0.3) is 22.0 Å². The van der Waals surface area contributed by atoms with Gasteiger partial charge in [-0.1, -0.05) is 43.3 Å². The molecule has 2 aromatic heterocycles. The minimum atomic E-state index is -3.20. The number of hydrogen-bond donors (Lipinski definition) is 2. The van der Waals surface area contributed by atoms with E-state index >= 15 is 0 Å². The minimum Gasteiger partial charge on any atom is -0.459 e. The highest BCUT2D eigenvalue weighted by atomic mass is 19.3. The molecule has 4 heterocycles. The third-order valence-electron chi connectivity index (χ3n) is 9.52. The smallest absolute Gasteiger partial charge is 0.408 e. The number of ether oxygens (including phenoxy) is 3. The van der Waals surface area contributed by atoms with Crippen LogP contribution in [0.3, 0.4) is 0 Å². The molecule has 0 aliphatic carbocycles. The van der Waals surface area contributed by atoms with E-state index in [1.807, 2.05) is 9.80 Å². The number of anilines is 1. The highest BCUT2D eigenvalue weighted by Gasteiger charge is 2.44. The summed E-state index contributed by atoms with van der Waals surface area (Å²) in [5.74, 6) is -0.394. The molecule has 0 spiro atoms. The molecule has 3 amide bonds. The van der Waals surface area contributed by atoms with E-state index in [0.29, 0.717) is 59.7 Å². The number of amides is 3. The fraction of sp³-hybridized carbons (Fsp3) is 0.459. The van der Waals surface area contributed by atoms with E-state index in [2.05, 4.69) is 20.6 Å². The number of urea groups is 1. The van der Waals surface area contributed by atoms with E-state index in [1.165, 1.54) is 18.7 Å². The normalized spacial score (nSPS) is 17.6. The van der Waals surface area contributed by atoms with Crippen molar-refractivity contribution in [3.63, 3.8) is 0 Å². The molecule has 0 saturated carbocycles. The second-order valence-corrected chi connectivity index (χ2v) is 14.8. The summed E-state index contributed by atoms with van der Waals surface area (Å²) in [4.78, 5) is 65.6. The van der Waals surface area contributed by atoms with Gasteiger partial charge in [0, 0.05) is 63.1 Å². The van der Waals surface area contributed by atoms with Crippen molar-refractivity contribution in [3.05, 3.63) is 76.8 Å². The average molecular weight is 751 g/mol. The highest BCUT2D eigenvalue weighted by Crippen LogP contribution is 2.31. The molecule has 1 unspecified atom stereocenters. The molecule has 0 bridgehead atoms. The maximum absolute atomic E-state index is 13.9. The van der Waals surface area contributed by atoms with Gasteiger partial charge < -0.3 is 34.6 Å². The molecule has 15 nitrogen and oxygen atoms in total. The number of carbonyl (C=O) groups excluding carboxylic acids is 3. The number of aromatic nitrogens is 4. The van der Waals surface area contributed by atoms with Crippen LogP contribution in [-0.4, -0.2) is 99.4 Å². The largest absolute Gasteiger partial charge is 0.459 e. The number of alkyl halides is 2. The molecule has 6 rings (SSSR count). The maximum Gasteiger partial charge on any atom is 0.408 e. The van der Waals surface area contributed by atoms with E-state index in [0.717, 1.165) is 0 Å². The van der Waals surface area contributed by atoms with Crippen LogP contribution >= 0.6 is 0 Å². The SMILES string of the molecule is Cn1c(=O)c2ccc(-c3cnc(N4CCN5C(=O)NC[C@@H]5C4)nc3)cc2n1CC(C)(COC(F)F)[C@H](NC(=O)OC(C)(C)C)C(=O)OCc1ccccc1. The van der Waals surface area contributed by atoms with Crippen molar-refractivity contribution in [3.8, 4) is 11.1 Å². The predicted octanol–water partition coefficient (Wildman–Crippen LogP) is 3.89. The number of nitrogens with one attached hydrogen (secondary N) is 2. The van der Waals surface area contributed by atoms with E-state index in [-0.39, 0.29) is 30.8 Å². The first-order valence-electron chi connectivity index (χ1n) is 17.5. The molecule has 17 heteroatoms. The van der Waals surface area contributed by atoms with Gasteiger partial charge >= 0.3 is 24.7 Å². The molecule has 2 aromatic carbocycles. The Bertz CT molecular complexity index is 2050. The Labute approximate surface area is 310 Å². The van der Waals surface area contributed by atoms with Crippen molar-refractivity contribution in [1.82, 2.24) is 34.9 Å². The lowest BCUT2D eigenvalue weighted by Crippen LogP contribution is -2.56. The standard InChI is InChI=1S/C37H44F2N8O7/c1-36(2,3)54-35(51)43-29(31(49)52-20-23-9-7-6-8-10-23)37(4,22-53-32(38)39)21-47-28-15-24(11-12-27(28)30(48)44(47)5)25-16-40-33(41-17-25)45-13-14-46-26(19-45)18-42-34(46)50/h6-12,15-17,26,29,32H,13-14,18-22H2,1-5H3,(H,42,50)(H,43,51)/t26-,29-,37?/m1/s1. The first-order chi connectivity index (χ1) is 25.6. The van der Waals surface area contributed by atoms with Gasteiger partial charge in [0.2, 0.25) is 5.95 Å². The lowest BCUT2D eigenvalue weighted by atomic mass is 9.82. The van der Waals surface area contributed by atoms with Crippen LogP contribution in [0.2, 0.25) is 0 Å². The number of nitrogens with zero attached hydrogens (tertiary/aromatic N) is 6. The zero-order chi connectivity index (χ0) is 38.8. The Morgan fingerprint density at radius 1 is 1.02 bits per heavy atom. The van der Waals surface area contributed by atoms with Crippen LogP contribution in [-0.2, 0) is 39.2 Å². The molecular weight excluding hydrogens is 706 g/mol. The lowest BCUT2D eigenvalue weighted by Gasteiger charge is -2.37. The van der Waals surface area contributed by atoms with Crippen molar-refractivity contribution >= 4 is 34.9 Å². The number of esters is 1. The van der Waals surface area contributed by atoms with Crippen LogP contribution in [0.15, 0.2) is 65.7 Å². The average Bonchev–Trinajstić information content (AvgIpc) is 3.63. The first-order valence-corrected chi connectivity index (χ1v) is 17.5. The summed E-state index contributed by atoms with van der Waals surface area (Å²) in [7, 11) is 1.52. The summed E-state index contributed by atoms with van der Waals surface area (Å²) in [6.07, 6.45) is 2.37. The lowest BCUT2D eigenvalue weighted by molar-refractivity contribution is -0.169. The van der Waals surface area contributed by atoms with Gasteiger partial charge in [-0.2, -0.15) is 8.78 Å². The topological polar surface area (TPSA) is 162 Å². The highest BCUT2D eigenvalue weighted by molar-refractivity contribution is 5.85. The Morgan fingerprint density at radius 3 is 2.43 bits per heavy atom. The molecule has 54 heavy (non-hydrogen) atoms. The number of benzene rings is 2. The van der Waals surface area contributed by atoms with Crippen molar-refractivity contribution in [2.45, 2.75) is 65.1 Å². The van der Waals surface area contributed by atoms with Gasteiger partial charge in [0.05, 0.1) is 23.6 Å². The first kappa shape index (κ1) is 38.2. The van der Waals surface area contributed by atoms with E-state index in [1.54, 1.807) is 86.4 Å². The summed E-state index contributed by atoms with van der Waals surface area (Å²) >= 11 is 0. The molecule has 2 saturated heterocycles. The second-order valence-electron chi connectivity index (χ2n) is 14.8. The predicted molar refractivity (Wildman–Crippen MR) is 194 cm³/mol. The number of carbonyl (C=O) groups is 3. The van der Waals surface area contributed by atoms with Crippen LogP contribution in [0.4, 0.5) is 24.3 Å². The second kappa shape index (κ2) is 15.4. The van der Waals surface area contributed by atoms with Gasteiger partial charge in [-0.15, -0.1) is 0 Å². The zero-order valence-corrected chi connectivity index (χ0v) is 30.8. The summed E-state index contributed by atoms with van der Waals surface area (Å²) < 4.78 is 46.1. The van der Waals surface area contributed by atoms with Crippen LogP contribution in [0, 0.1) is 5.41 Å². The third-order valence-corrected chi connectivity index (χ3v) is 9.52. The van der Waals surface area contributed by atoms with Crippen molar-refractivity contribution in [2.24, 2.45) is 12.5 Å². The number of piperazine rings is 1. The molecule has 2 N–H and O–H groups in total. The summed E-state index contributed by atoms with van der Waals surface area (Å²) in [5.41, 5.74) is -0.529. The van der Waals surface area contributed by atoms with Crippen molar-refractivity contribution in [2.75, 3.05) is 37.7 Å². The molecule has 0 radical (unpaired) electrons. The van der Waals surface area contributed by atoms with E-state index in [4.69, 9.17) is 14.2 Å². The summed E-state index contributed by atoms with van der Waals surface area (Å²) in [6.45, 7) is 4.40. The monoisotopic (exact) mass is 750 g/mol. The fourth-order valence-corrected chi connectivity index (χ4v) is 6.73. The summed E-state index contributed by atoms with van der Waals surface area (Å²) in [6, 6.07) is 12.4. The Hall–Kier alpha value is -5.58. The van der Waals surface area contributed by atoms with Gasteiger partial charge in [0.1, 0.15) is 18.2 Å². The Morgan fingerprint density at radius 2 is 1.74 bits per heavy atom. The van der Waals surface area contributed by atoms with Crippen LogP contribution in [0.1, 0.15) is 33.3 Å². The molecule has 2 fully saturated rings. The maximum atomic E-state index is 13.9. The Balaban J connectivity index is 1.32. The molecule has 2 aliphatic rings. The van der Waals surface area contributed by atoms with Gasteiger partial charge in [0.25, 0.3) is 5.56 Å². The third kappa shape index (κ3) is 8.46. The molecular formula is C37H44F2N8O7. The molecule has 2 aliphatic heterocycles. The summed E-state index contributed by atoms with van der Waals surface area (Å²) in [5, 5.41) is 5.74. The van der Waals surface area contributed by atoms with Crippen LogP contribution in [0.5, 0.6) is 0 Å². The quantitative estimate of drug-likeness (QED) is 0.203. The minimum absolute atomic E-state index is 0.0353. The number of alkyl carbamates (subject to hydrolysis) is 1.